The van der Waals surface area contributed by atoms with Crippen LogP contribution in [-0.2, 0) is 11.2 Å². The number of nitrogens with one attached hydrogen (secondary N) is 2. The molecule has 2 N–H and O–H groups in total. The van der Waals surface area contributed by atoms with Crippen LogP contribution in [0.2, 0.25) is 0 Å². The van der Waals surface area contributed by atoms with E-state index in [2.05, 4.69) is 10.6 Å². The minimum atomic E-state index is -0.946. The van der Waals surface area contributed by atoms with Crippen LogP contribution in [0.15, 0.2) is 84.9 Å². The molecule has 2 amide bonds. The first-order valence-electron chi connectivity index (χ1n) is 8.74. The van der Waals surface area contributed by atoms with Gasteiger partial charge in [0, 0.05) is 6.42 Å². The monoisotopic (exact) mass is 378 g/mol. The zero-order chi connectivity index (χ0) is 19.8. The third kappa shape index (κ3) is 5.41. The summed E-state index contributed by atoms with van der Waals surface area (Å²) in [5.41, 5.74) is 0.889. The number of benzene rings is 3. The normalized spacial score (nSPS) is 11.3. The lowest BCUT2D eigenvalue weighted by Crippen LogP contribution is -2.46. The average molecular weight is 378 g/mol. The van der Waals surface area contributed by atoms with Crippen LogP contribution in [0.25, 0.3) is 0 Å². The van der Waals surface area contributed by atoms with Crippen molar-refractivity contribution in [2.45, 2.75) is 12.5 Å². The lowest BCUT2D eigenvalue weighted by molar-refractivity contribution is -0.118. The number of hydrogen-bond acceptors (Lipinski definition) is 3. The topological polar surface area (TPSA) is 67.4 Å². The predicted octanol–water partition coefficient (Wildman–Crippen LogP) is 4.16. The maximum atomic E-state index is 13.9. The number of ether oxygens (including phenoxy) is 1. The number of amides is 2. The van der Waals surface area contributed by atoms with E-state index in [1.165, 1.54) is 18.2 Å². The van der Waals surface area contributed by atoms with Crippen LogP contribution in [-0.4, -0.2) is 18.0 Å². The Morgan fingerprint density at radius 2 is 1.46 bits per heavy atom. The molecular formula is C22H19FN2O3. The first kappa shape index (κ1) is 19.1. The highest BCUT2D eigenvalue weighted by molar-refractivity contribution is 5.97. The Balaban J connectivity index is 1.73. The second-order valence-electron chi connectivity index (χ2n) is 6.06. The van der Waals surface area contributed by atoms with Gasteiger partial charge in [0.15, 0.2) is 0 Å². The molecule has 0 aliphatic carbocycles. The highest BCUT2D eigenvalue weighted by atomic mass is 19.1. The van der Waals surface area contributed by atoms with Crippen LogP contribution in [0.3, 0.4) is 0 Å². The molecule has 0 heterocycles. The van der Waals surface area contributed by atoms with Crippen molar-refractivity contribution in [3.8, 4) is 5.75 Å². The number of hydrogen-bond donors (Lipinski definition) is 2. The minimum Gasteiger partial charge on any atom is -0.410 e. The molecule has 0 aliphatic rings. The Morgan fingerprint density at radius 1 is 0.857 bits per heavy atom. The molecule has 0 aromatic heterocycles. The van der Waals surface area contributed by atoms with Gasteiger partial charge in [-0.1, -0.05) is 60.7 Å². The summed E-state index contributed by atoms with van der Waals surface area (Å²) in [5, 5.41) is 5.07. The second kappa shape index (κ2) is 9.32. The van der Waals surface area contributed by atoms with Gasteiger partial charge in [0.2, 0.25) is 5.91 Å². The quantitative estimate of drug-likeness (QED) is 0.677. The van der Waals surface area contributed by atoms with Crippen molar-refractivity contribution in [2.24, 2.45) is 0 Å². The SMILES string of the molecule is O=C(N[C@@H](Cc1ccccc1)C(=O)Nc1ccccc1F)Oc1ccccc1. The Hall–Kier alpha value is -3.67. The van der Waals surface area contributed by atoms with E-state index < -0.39 is 23.9 Å². The summed E-state index contributed by atoms with van der Waals surface area (Å²) in [7, 11) is 0. The molecule has 0 spiro atoms. The molecule has 1 atom stereocenters. The molecular weight excluding hydrogens is 359 g/mol. The van der Waals surface area contributed by atoms with E-state index in [0.29, 0.717) is 5.75 Å². The van der Waals surface area contributed by atoms with Gasteiger partial charge in [-0.2, -0.15) is 0 Å². The fourth-order valence-electron chi connectivity index (χ4n) is 2.61. The van der Waals surface area contributed by atoms with Gasteiger partial charge in [-0.25, -0.2) is 9.18 Å². The molecule has 0 radical (unpaired) electrons. The lowest BCUT2D eigenvalue weighted by Gasteiger charge is -2.18. The van der Waals surface area contributed by atoms with Crippen molar-refractivity contribution < 1.29 is 18.7 Å². The summed E-state index contributed by atoms with van der Waals surface area (Å²) in [6.07, 6.45) is -0.541. The standard InChI is InChI=1S/C22H19FN2O3/c23-18-13-7-8-14-19(18)24-21(26)20(15-16-9-3-1-4-10-16)25-22(27)28-17-11-5-2-6-12-17/h1-14,20H,15H2,(H,24,26)(H,25,27)/t20-/m0/s1. The number of carbonyl (C=O) groups is 2. The van der Waals surface area contributed by atoms with E-state index in [1.807, 2.05) is 30.3 Å². The van der Waals surface area contributed by atoms with Crippen LogP contribution in [0.5, 0.6) is 5.75 Å². The summed E-state index contributed by atoms with van der Waals surface area (Å²) < 4.78 is 19.1. The highest BCUT2D eigenvalue weighted by Gasteiger charge is 2.23. The number of rotatable bonds is 6. The largest absolute Gasteiger partial charge is 0.413 e. The fraction of sp³-hybridized carbons (Fsp3) is 0.0909. The van der Waals surface area contributed by atoms with Crippen molar-refractivity contribution in [3.05, 3.63) is 96.3 Å². The molecule has 6 heteroatoms. The van der Waals surface area contributed by atoms with Gasteiger partial charge in [-0.05, 0) is 29.8 Å². The Bertz CT molecular complexity index is 933. The third-order valence-electron chi connectivity index (χ3n) is 3.98. The van der Waals surface area contributed by atoms with Gasteiger partial charge in [-0.3, -0.25) is 4.79 Å². The van der Waals surface area contributed by atoms with Crippen LogP contribution < -0.4 is 15.4 Å². The van der Waals surface area contributed by atoms with E-state index in [9.17, 15) is 14.0 Å². The molecule has 0 unspecified atom stereocenters. The zero-order valence-electron chi connectivity index (χ0n) is 15.0. The lowest BCUT2D eigenvalue weighted by atomic mass is 10.1. The van der Waals surface area contributed by atoms with Gasteiger partial charge < -0.3 is 15.4 Å². The molecule has 0 saturated heterocycles. The van der Waals surface area contributed by atoms with E-state index in [1.54, 1.807) is 36.4 Å². The number of carbonyl (C=O) groups excluding carboxylic acids is 2. The number of para-hydroxylation sites is 2. The van der Waals surface area contributed by atoms with Crippen molar-refractivity contribution >= 4 is 17.7 Å². The maximum absolute atomic E-state index is 13.9. The van der Waals surface area contributed by atoms with Gasteiger partial charge in [-0.15, -0.1) is 0 Å². The van der Waals surface area contributed by atoms with Gasteiger partial charge in [0.1, 0.15) is 17.6 Å². The minimum absolute atomic E-state index is 0.0452. The summed E-state index contributed by atoms with van der Waals surface area (Å²) in [4.78, 5) is 25.0. The van der Waals surface area contributed by atoms with E-state index in [0.717, 1.165) is 5.56 Å². The van der Waals surface area contributed by atoms with Crippen LogP contribution in [0.4, 0.5) is 14.9 Å². The van der Waals surface area contributed by atoms with Crippen molar-refractivity contribution in [1.29, 1.82) is 0 Å². The van der Waals surface area contributed by atoms with Crippen molar-refractivity contribution in [3.63, 3.8) is 0 Å². The van der Waals surface area contributed by atoms with Gasteiger partial charge >= 0.3 is 6.09 Å². The molecule has 3 aromatic rings. The van der Waals surface area contributed by atoms with Crippen LogP contribution >= 0.6 is 0 Å². The molecule has 5 nitrogen and oxygen atoms in total. The third-order valence-corrected chi connectivity index (χ3v) is 3.98. The Labute approximate surface area is 162 Å². The van der Waals surface area contributed by atoms with Crippen molar-refractivity contribution in [2.75, 3.05) is 5.32 Å². The second-order valence-corrected chi connectivity index (χ2v) is 6.06. The van der Waals surface area contributed by atoms with Gasteiger partial charge in [0.05, 0.1) is 5.69 Å². The highest BCUT2D eigenvalue weighted by Crippen LogP contribution is 2.14. The average Bonchev–Trinajstić information content (AvgIpc) is 2.71. The molecule has 0 bridgehead atoms. The van der Waals surface area contributed by atoms with E-state index >= 15 is 0 Å². The smallest absolute Gasteiger partial charge is 0.410 e. The summed E-state index contributed by atoms with van der Waals surface area (Å²) in [5.74, 6) is -0.742. The fourth-order valence-corrected chi connectivity index (χ4v) is 2.61. The van der Waals surface area contributed by atoms with Crippen LogP contribution in [0.1, 0.15) is 5.56 Å². The molecule has 142 valence electrons. The van der Waals surface area contributed by atoms with E-state index in [4.69, 9.17) is 4.74 Å². The van der Waals surface area contributed by atoms with E-state index in [-0.39, 0.29) is 12.1 Å². The molecule has 0 saturated carbocycles. The van der Waals surface area contributed by atoms with Crippen molar-refractivity contribution in [1.82, 2.24) is 5.32 Å². The molecule has 0 aliphatic heterocycles. The molecule has 28 heavy (non-hydrogen) atoms. The Morgan fingerprint density at radius 3 is 2.14 bits per heavy atom. The summed E-state index contributed by atoms with van der Waals surface area (Å²) >= 11 is 0. The predicted molar refractivity (Wildman–Crippen MR) is 105 cm³/mol. The number of halogens is 1. The molecule has 0 fully saturated rings. The number of anilines is 1. The maximum Gasteiger partial charge on any atom is 0.413 e. The Kier molecular flexibility index (Phi) is 6.36. The van der Waals surface area contributed by atoms with Gasteiger partial charge in [0.25, 0.3) is 0 Å². The molecule has 3 aromatic carbocycles. The first-order chi connectivity index (χ1) is 13.6. The summed E-state index contributed by atoms with van der Waals surface area (Å²) in [6, 6.07) is 22.6. The first-order valence-corrected chi connectivity index (χ1v) is 8.74. The summed E-state index contributed by atoms with van der Waals surface area (Å²) in [6.45, 7) is 0. The zero-order valence-corrected chi connectivity index (χ0v) is 15.0. The molecule has 3 rings (SSSR count). The van der Waals surface area contributed by atoms with Crippen LogP contribution in [0, 0.1) is 5.82 Å².